The van der Waals surface area contributed by atoms with Gasteiger partial charge in [-0.3, -0.25) is 4.90 Å². The molecule has 19 heavy (non-hydrogen) atoms. The molecule has 3 aliphatic rings. The van der Waals surface area contributed by atoms with Gasteiger partial charge in [0, 0.05) is 19.1 Å². The third-order valence-electron chi connectivity index (χ3n) is 5.43. The Morgan fingerprint density at radius 1 is 1.32 bits per heavy atom. The molecule has 1 saturated carbocycles. The van der Waals surface area contributed by atoms with Gasteiger partial charge in [-0.25, -0.2) is 0 Å². The van der Waals surface area contributed by atoms with Crippen molar-refractivity contribution in [1.82, 2.24) is 4.90 Å². The largest absolute Gasteiger partial charge is 0.508 e. The minimum Gasteiger partial charge on any atom is -0.508 e. The van der Waals surface area contributed by atoms with E-state index in [9.17, 15) is 5.11 Å². The lowest BCUT2D eigenvalue weighted by Crippen LogP contribution is -2.50. The summed E-state index contributed by atoms with van der Waals surface area (Å²) in [6.07, 6.45) is 5.38. The number of hydrogen-bond donors (Lipinski definition) is 1. The maximum Gasteiger partial charge on any atom is 0.115 e. The molecule has 2 bridgehead atoms. The molecule has 3 atom stereocenters. The summed E-state index contributed by atoms with van der Waals surface area (Å²) in [4.78, 5) is 2.76. The quantitative estimate of drug-likeness (QED) is 0.879. The summed E-state index contributed by atoms with van der Waals surface area (Å²) in [5.74, 6) is 2.81. The van der Waals surface area contributed by atoms with Gasteiger partial charge in [-0.15, -0.1) is 0 Å². The molecule has 1 aromatic carbocycles. The van der Waals surface area contributed by atoms with Crippen molar-refractivity contribution in [2.75, 3.05) is 13.1 Å². The number of aromatic hydroxyl groups is 1. The molecule has 1 heterocycles. The van der Waals surface area contributed by atoms with Crippen LogP contribution in [0.5, 0.6) is 5.75 Å². The molecule has 0 spiro atoms. The fourth-order valence-electron chi connectivity index (χ4n) is 4.19. The maximum atomic E-state index is 9.74. The molecule has 0 amide bonds. The van der Waals surface area contributed by atoms with Gasteiger partial charge in [0.05, 0.1) is 0 Å². The van der Waals surface area contributed by atoms with Gasteiger partial charge in [-0.05, 0) is 66.7 Å². The van der Waals surface area contributed by atoms with Crippen molar-refractivity contribution < 1.29 is 5.11 Å². The van der Waals surface area contributed by atoms with Crippen LogP contribution in [0.1, 0.15) is 43.2 Å². The minimum absolute atomic E-state index is 0.435. The van der Waals surface area contributed by atoms with Crippen LogP contribution in [-0.2, 0) is 6.42 Å². The number of hydrogen-bond acceptors (Lipinski definition) is 2. The Hall–Kier alpha value is -1.02. The molecule has 2 fully saturated rings. The number of piperidine rings is 1. The fourth-order valence-corrected chi connectivity index (χ4v) is 4.19. The monoisotopic (exact) mass is 257 g/mol. The van der Waals surface area contributed by atoms with Gasteiger partial charge >= 0.3 is 0 Å². The molecule has 1 N–H and O–H groups in total. The van der Waals surface area contributed by atoms with E-state index in [0.717, 1.165) is 17.9 Å². The van der Waals surface area contributed by atoms with E-state index in [4.69, 9.17) is 0 Å². The highest BCUT2D eigenvalue weighted by Crippen LogP contribution is 2.45. The summed E-state index contributed by atoms with van der Waals surface area (Å²) < 4.78 is 0. The summed E-state index contributed by atoms with van der Waals surface area (Å²) in [5, 5.41) is 9.74. The van der Waals surface area contributed by atoms with Crippen molar-refractivity contribution in [2.24, 2.45) is 11.8 Å². The second kappa shape index (κ2) is 4.24. The van der Waals surface area contributed by atoms with E-state index in [0.29, 0.717) is 11.7 Å². The number of benzene rings is 1. The molecule has 2 aliphatic carbocycles. The minimum atomic E-state index is 0.435. The zero-order valence-electron chi connectivity index (χ0n) is 11.7. The SMILES string of the molecule is C[C@H]1CN(CC2CC2)[C@H]2Cc3ccc(O)cc3[C@@H]1C2. The highest BCUT2D eigenvalue weighted by atomic mass is 16.3. The van der Waals surface area contributed by atoms with Crippen LogP contribution in [0.4, 0.5) is 0 Å². The lowest BCUT2D eigenvalue weighted by Gasteiger charge is -2.47. The number of nitrogens with zero attached hydrogens (tertiary/aromatic N) is 1. The Labute approximate surface area is 115 Å². The zero-order chi connectivity index (χ0) is 13.0. The van der Waals surface area contributed by atoms with Gasteiger partial charge in [0.1, 0.15) is 5.75 Å². The highest BCUT2D eigenvalue weighted by Gasteiger charge is 2.40. The molecule has 1 aromatic rings. The smallest absolute Gasteiger partial charge is 0.115 e. The van der Waals surface area contributed by atoms with Gasteiger partial charge in [-0.1, -0.05) is 13.0 Å². The normalized spacial score (nSPS) is 34.1. The van der Waals surface area contributed by atoms with Crippen molar-refractivity contribution in [3.8, 4) is 5.75 Å². The maximum absolute atomic E-state index is 9.74. The number of fused-ring (bicyclic) bond motifs is 4. The molecule has 1 aliphatic heterocycles. The van der Waals surface area contributed by atoms with Crippen LogP contribution < -0.4 is 0 Å². The Bertz CT molecular complexity index is 494. The molecule has 2 nitrogen and oxygen atoms in total. The Morgan fingerprint density at radius 3 is 2.95 bits per heavy atom. The van der Waals surface area contributed by atoms with Gasteiger partial charge in [0.2, 0.25) is 0 Å². The number of rotatable bonds is 2. The van der Waals surface area contributed by atoms with Crippen LogP contribution in [-0.4, -0.2) is 29.1 Å². The molecule has 1 saturated heterocycles. The summed E-state index contributed by atoms with van der Waals surface area (Å²) in [6, 6.07) is 6.77. The zero-order valence-corrected chi connectivity index (χ0v) is 11.7. The summed E-state index contributed by atoms with van der Waals surface area (Å²) in [7, 11) is 0. The van der Waals surface area contributed by atoms with E-state index in [1.165, 1.54) is 49.9 Å². The molecular weight excluding hydrogens is 234 g/mol. The van der Waals surface area contributed by atoms with E-state index in [1.54, 1.807) is 0 Å². The first kappa shape index (κ1) is 11.8. The van der Waals surface area contributed by atoms with Crippen LogP contribution in [0.15, 0.2) is 18.2 Å². The standard InChI is InChI=1S/C17H23NO/c1-11-9-18(10-12-2-3-12)14-6-13-4-5-15(19)8-17(13)16(11)7-14/h4-5,8,11-12,14,16,19H,2-3,6-7,9-10H2,1H3/t11-,14-,16+/m0/s1. The second-order valence-electron chi connectivity index (χ2n) is 6.96. The third kappa shape index (κ3) is 2.06. The van der Waals surface area contributed by atoms with Crippen molar-refractivity contribution in [3.63, 3.8) is 0 Å². The molecule has 2 heteroatoms. The van der Waals surface area contributed by atoms with Crippen molar-refractivity contribution >= 4 is 0 Å². The molecule has 0 radical (unpaired) electrons. The lowest BCUT2D eigenvalue weighted by molar-refractivity contribution is 0.0824. The van der Waals surface area contributed by atoms with Gasteiger partial charge in [-0.2, -0.15) is 0 Å². The second-order valence-corrected chi connectivity index (χ2v) is 6.96. The molecule has 0 unspecified atom stereocenters. The van der Waals surface area contributed by atoms with E-state index in [-0.39, 0.29) is 0 Å². The number of phenols is 1. The average molecular weight is 257 g/mol. The van der Waals surface area contributed by atoms with Crippen molar-refractivity contribution in [3.05, 3.63) is 29.3 Å². The first-order valence-corrected chi connectivity index (χ1v) is 7.76. The third-order valence-corrected chi connectivity index (χ3v) is 5.43. The van der Waals surface area contributed by atoms with Crippen LogP contribution in [0.25, 0.3) is 0 Å². The first-order valence-electron chi connectivity index (χ1n) is 7.76. The predicted octanol–water partition coefficient (Wildman–Crippen LogP) is 3.15. The van der Waals surface area contributed by atoms with Crippen molar-refractivity contribution in [2.45, 2.75) is 44.6 Å². The molecule has 4 rings (SSSR count). The molecule has 102 valence electrons. The Kier molecular flexibility index (Phi) is 2.63. The van der Waals surface area contributed by atoms with Gasteiger partial charge in [0.25, 0.3) is 0 Å². The Morgan fingerprint density at radius 2 is 2.16 bits per heavy atom. The van der Waals surface area contributed by atoms with Crippen LogP contribution in [0.3, 0.4) is 0 Å². The summed E-state index contributed by atoms with van der Waals surface area (Å²) in [5.41, 5.74) is 2.90. The predicted molar refractivity (Wildman–Crippen MR) is 76.4 cm³/mol. The van der Waals surface area contributed by atoms with Crippen LogP contribution in [0, 0.1) is 11.8 Å². The van der Waals surface area contributed by atoms with E-state index >= 15 is 0 Å². The molecule has 0 aromatic heterocycles. The Balaban J connectivity index is 1.64. The van der Waals surface area contributed by atoms with Crippen LogP contribution in [0.2, 0.25) is 0 Å². The molecular formula is C17H23NO. The van der Waals surface area contributed by atoms with E-state index < -0.39 is 0 Å². The topological polar surface area (TPSA) is 23.5 Å². The fraction of sp³-hybridized carbons (Fsp3) is 0.647. The van der Waals surface area contributed by atoms with Crippen LogP contribution >= 0.6 is 0 Å². The van der Waals surface area contributed by atoms with Gasteiger partial charge in [0.15, 0.2) is 0 Å². The van der Waals surface area contributed by atoms with E-state index in [1.807, 2.05) is 12.1 Å². The highest BCUT2D eigenvalue weighted by molar-refractivity contribution is 5.40. The number of phenolic OH excluding ortho intramolecular Hbond substituents is 1. The van der Waals surface area contributed by atoms with E-state index in [2.05, 4.69) is 17.9 Å². The summed E-state index contributed by atoms with van der Waals surface area (Å²) in [6.45, 7) is 4.97. The summed E-state index contributed by atoms with van der Waals surface area (Å²) >= 11 is 0. The van der Waals surface area contributed by atoms with Gasteiger partial charge < -0.3 is 5.11 Å². The average Bonchev–Trinajstić information content (AvgIpc) is 3.19. The first-order chi connectivity index (χ1) is 9.20. The van der Waals surface area contributed by atoms with Crippen molar-refractivity contribution in [1.29, 1.82) is 0 Å². The lowest BCUT2D eigenvalue weighted by atomic mass is 9.70. The number of likely N-dealkylation sites (tertiary alicyclic amines) is 1.